The lowest BCUT2D eigenvalue weighted by atomic mass is 9.85. The molecule has 0 bridgehead atoms. The van der Waals surface area contributed by atoms with E-state index in [9.17, 15) is 0 Å². The van der Waals surface area contributed by atoms with Gasteiger partial charge in [0.15, 0.2) is 0 Å². The van der Waals surface area contributed by atoms with Crippen LogP contribution in [0.2, 0.25) is 0 Å². The van der Waals surface area contributed by atoms with Crippen molar-refractivity contribution in [2.45, 2.75) is 26.2 Å². The fourth-order valence-electron chi connectivity index (χ4n) is 2.00. The molecule has 1 aromatic rings. The molecule has 1 saturated carbocycles. The van der Waals surface area contributed by atoms with Crippen LogP contribution in [0.5, 0.6) is 0 Å². The van der Waals surface area contributed by atoms with Crippen molar-refractivity contribution in [2.75, 3.05) is 18.5 Å². The highest BCUT2D eigenvalue weighted by atomic mass is 15.2. The van der Waals surface area contributed by atoms with Crippen molar-refractivity contribution in [3.05, 3.63) is 23.4 Å². The number of anilines is 1. The molecule has 3 nitrogen and oxygen atoms in total. The molecule has 1 fully saturated rings. The molecular weight excluding hydrogens is 198 g/mol. The van der Waals surface area contributed by atoms with Gasteiger partial charge < -0.3 is 4.90 Å². The second-order valence-corrected chi connectivity index (χ2v) is 4.62. The zero-order valence-electron chi connectivity index (χ0n) is 9.90. The number of hydrogen-bond donors (Lipinski definition) is 0. The van der Waals surface area contributed by atoms with Crippen LogP contribution < -0.4 is 4.90 Å². The summed E-state index contributed by atoms with van der Waals surface area (Å²) in [7, 11) is 2.05. The molecule has 2 rings (SSSR count). The van der Waals surface area contributed by atoms with Crippen LogP contribution in [0.15, 0.2) is 12.1 Å². The highest BCUT2D eigenvalue weighted by Crippen LogP contribution is 2.28. The highest BCUT2D eigenvalue weighted by molar-refractivity contribution is 5.44. The Bertz CT molecular complexity index is 416. The molecule has 1 aliphatic carbocycles. The van der Waals surface area contributed by atoms with Crippen LogP contribution >= 0.6 is 0 Å². The van der Waals surface area contributed by atoms with Gasteiger partial charge >= 0.3 is 0 Å². The molecule has 16 heavy (non-hydrogen) atoms. The molecule has 0 N–H and O–H groups in total. The highest BCUT2D eigenvalue weighted by Gasteiger charge is 2.19. The first-order valence-electron chi connectivity index (χ1n) is 5.79. The maximum Gasteiger partial charge on any atom is 0.145 e. The van der Waals surface area contributed by atoms with Crippen molar-refractivity contribution >= 4 is 5.82 Å². The summed E-state index contributed by atoms with van der Waals surface area (Å²) < 4.78 is 0. The lowest BCUT2D eigenvalue weighted by molar-refractivity contribution is 0.321. The van der Waals surface area contributed by atoms with Gasteiger partial charge in [0.25, 0.3) is 0 Å². The lowest BCUT2D eigenvalue weighted by Gasteiger charge is -2.30. The smallest absolute Gasteiger partial charge is 0.145 e. The molecule has 0 amide bonds. The van der Waals surface area contributed by atoms with E-state index in [4.69, 9.17) is 5.26 Å². The van der Waals surface area contributed by atoms with Gasteiger partial charge in [-0.3, -0.25) is 0 Å². The van der Waals surface area contributed by atoms with Gasteiger partial charge in [-0.05, 0) is 37.3 Å². The molecule has 1 aromatic heterocycles. The van der Waals surface area contributed by atoms with E-state index < -0.39 is 0 Å². The maximum absolute atomic E-state index is 8.93. The maximum atomic E-state index is 8.93. The summed E-state index contributed by atoms with van der Waals surface area (Å²) in [6.07, 6.45) is 4.03. The van der Waals surface area contributed by atoms with Gasteiger partial charge in [-0.1, -0.05) is 12.5 Å². The third-order valence-electron chi connectivity index (χ3n) is 3.34. The standard InChI is InChI=1S/C13H17N3/c1-10-6-7-13(15-12(10)8-14)16(2)9-11-4-3-5-11/h6-7,11H,3-5,9H2,1-2H3. The fourth-order valence-corrected chi connectivity index (χ4v) is 2.00. The molecular formula is C13H17N3. The number of pyridine rings is 1. The number of aryl methyl sites for hydroxylation is 1. The number of nitriles is 1. The van der Waals surface area contributed by atoms with Crippen LogP contribution in [-0.4, -0.2) is 18.6 Å². The van der Waals surface area contributed by atoms with Crippen molar-refractivity contribution in [1.82, 2.24) is 4.98 Å². The zero-order chi connectivity index (χ0) is 11.5. The van der Waals surface area contributed by atoms with Crippen LogP contribution in [-0.2, 0) is 0 Å². The van der Waals surface area contributed by atoms with E-state index in [0.717, 1.165) is 23.8 Å². The van der Waals surface area contributed by atoms with Crippen LogP contribution in [0.4, 0.5) is 5.82 Å². The molecule has 0 atom stereocenters. The van der Waals surface area contributed by atoms with Gasteiger partial charge in [0, 0.05) is 13.6 Å². The number of rotatable bonds is 3. The average Bonchev–Trinajstić information content (AvgIpc) is 2.24. The van der Waals surface area contributed by atoms with E-state index in [2.05, 4.69) is 23.0 Å². The van der Waals surface area contributed by atoms with Gasteiger partial charge in [0.1, 0.15) is 17.6 Å². The first-order chi connectivity index (χ1) is 7.70. The SMILES string of the molecule is Cc1ccc(N(C)CC2CCC2)nc1C#N. The predicted molar refractivity (Wildman–Crippen MR) is 64.3 cm³/mol. The number of aromatic nitrogens is 1. The van der Waals surface area contributed by atoms with Gasteiger partial charge in [-0.25, -0.2) is 4.98 Å². The van der Waals surface area contributed by atoms with Crippen LogP contribution in [0.3, 0.4) is 0 Å². The Morgan fingerprint density at radius 2 is 2.25 bits per heavy atom. The Hall–Kier alpha value is -1.56. The van der Waals surface area contributed by atoms with E-state index >= 15 is 0 Å². The third kappa shape index (κ3) is 2.16. The molecule has 0 aliphatic heterocycles. The lowest BCUT2D eigenvalue weighted by Crippen LogP contribution is -2.29. The zero-order valence-corrected chi connectivity index (χ0v) is 9.90. The summed E-state index contributed by atoms with van der Waals surface area (Å²) in [4.78, 5) is 6.52. The first-order valence-corrected chi connectivity index (χ1v) is 5.79. The van der Waals surface area contributed by atoms with Crippen molar-refractivity contribution in [2.24, 2.45) is 5.92 Å². The minimum atomic E-state index is 0.540. The van der Waals surface area contributed by atoms with E-state index in [0.29, 0.717) is 5.69 Å². The molecule has 1 heterocycles. The second kappa shape index (κ2) is 4.52. The summed E-state index contributed by atoms with van der Waals surface area (Å²) in [5.41, 5.74) is 1.49. The van der Waals surface area contributed by atoms with E-state index in [-0.39, 0.29) is 0 Å². The van der Waals surface area contributed by atoms with E-state index in [1.807, 2.05) is 19.1 Å². The molecule has 0 saturated heterocycles. The number of nitrogens with zero attached hydrogens (tertiary/aromatic N) is 3. The monoisotopic (exact) mass is 215 g/mol. The second-order valence-electron chi connectivity index (χ2n) is 4.62. The van der Waals surface area contributed by atoms with Gasteiger partial charge in [0.05, 0.1) is 0 Å². The largest absolute Gasteiger partial charge is 0.359 e. The normalized spacial score (nSPS) is 15.3. The number of hydrogen-bond acceptors (Lipinski definition) is 3. The van der Waals surface area contributed by atoms with Gasteiger partial charge in [-0.2, -0.15) is 5.26 Å². The Labute approximate surface area is 96.7 Å². The van der Waals surface area contributed by atoms with Crippen molar-refractivity contribution in [3.63, 3.8) is 0 Å². The molecule has 0 aromatic carbocycles. The predicted octanol–water partition coefficient (Wildman–Crippen LogP) is 2.50. The van der Waals surface area contributed by atoms with Crippen molar-refractivity contribution in [3.8, 4) is 6.07 Å². The molecule has 3 heteroatoms. The quantitative estimate of drug-likeness (QED) is 0.777. The van der Waals surface area contributed by atoms with Crippen LogP contribution in [0.25, 0.3) is 0 Å². The topological polar surface area (TPSA) is 39.9 Å². The molecule has 1 aliphatic rings. The Balaban J connectivity index is 2.10. The molecule has 0 spiro atoms. The summed E-state index contributed by atoms with van der Waals surface area (Å²) in [5.74, 6) is 1.73. The molecule has 84 valence electrons. The first kappa shape index (κ1) is 10.9. The van der Waals surface area contributed by atoms with E-state index in [1.165, 1.54) is 19.3 Å². The Kier molecular flexibility index (Phi) is 3.09. The average molecular weight is 215 g/mol. The van der Waals surface area contributed by atoms with E-state index in [1.54, 1.807) is 0 Å². The van der Waals surface area contributed by atoms with Crippen molar-refractivity contribution in [1.29, 1.82) is 5.26 Å². The summed E-state index contributed by atoms with van der Waals surface area (Å²) in [6.45, 7) is 2.97. The summed E-state index contributed by atoms with van der Waals surface area (Å²) in [5, 5.41) is 8.93. The van der Waals surface area contributed by atoms with Crippen molar-refractivity contribution < 1.29 is 0 Å². The Morgan fingerprint density at radius 1 is 1.50 bits per heavy atom. The van der Waals surface area contributed by atoms with Crippen LogP contribution in [0.1, 0.15) is 30.5 Å². The minimum Gasteiger partial charge on any atom is -0.359 e. The molecule has 0 unspecified atom stereocenters. The summed E-state index contributed by atoms with van der Waals surface area (Å²) >= 11 is 0. The van der Waals surface area contributed by atoms with Crippen LogP contribution in [0, 0.1) is 24.2 Å². The van der Waals surface area contributed by atoms with Gasteiger partial charge in [-0.15, -0.1) is 0 Å². The molecule has 0 radical (unpaired) electrons. The summed E-state index contributed by atoms with van der Waals surface area (Å²) in [6, 6.07) is 6.10. The fraction of sp³-hybridized carbons (Fsp3) is 0.538. The minimum absolute atomic E-state index is 0.540. The Morgan fingerprint density at radius 3 is 2.81 bits per heavy atom. The van der Waals surface area contributed by atoms with Gasteiger partial charge in [0.2, 0.25) is 0 Å². The third-order valence-corrected chi connectivity index (χ3v) is 3.34.